The monoisotopic (exact) mass is 357 g/mol. The molecule has 0 radical (unpaired) electrons. The molecule has 2 rings (SSSR count). The van der Waals surface area contributed by atoms with E-state index in [4.69, 9.17) is 0 Å². The number of phenols is 1. The summed E-state index contributed by atoms with van der Waals surface area (Å²) in [5.74, 6) is 0.284. The summed E-state index contributed by atoms with van der Waals surface area (Å²) in [4.78, 5) is 0. The van der Waals surface area contributed by atoms with Gasteiger partial charge in [0.05, 0.1) is 0 Å². The molecule has 0 aliphatic carbocycles. The number of allylic oxidation sites excluding steroid dienone is 2. The summed E-state index contributed by atoms with van der Waals surface area (Å²) in [5, 5.41) is 33.4. The number of hydrogen-bond donors (Lipinski definition) is 4. The minimum Gasteiger partial charge on any atom is -0.508 e. The van der Waals surface area contributed by atoms with Gasteiger partial charge in [-0.05, 0) is 55.0 Å². The van der Waals surface area contributed by atoms with Gasteiger partial charge in [-0.2, -0.15) is 0 Å². The number of fused-ring (bicyclic) bond motifs is 1. The summed E-state index contributed by atoms with van der Waals surface area (Å²) in [5.41, 5.74) is 4.21. The number of nitrogens with one attached hydrogen (secondary N) is 1. The van der Waals surface area contributed by atoms with E-state index >= 15 is 0 Å². The van der Waals surface area contributed by atoms with Gasteiger partial charge in [0.25, 0.3) is 0 Å². The van der Waals surface area contributed by atoms with Gasteiger partial charge in [-0.3, -0.25) is 0 Å². The molecule has 26 heavy (non-hydrogen) atoms. The number of aromatic hydroxyl groups is 1. The summed E-state index contributed by atoms with van der Waals surface area (Å²) in [6.45, 7) is 15.6. The summed E-state index contributed by atoms with van der Waals surface area (Å²) >= 11 is 0. The predicted molar refractivity (Wildman–Crippen MR) is 106 cm³/mol. The Labute approximate surface area is 156 Å². The van der Waals surface area contributed by atoms with E-state index in [1.165, 1.54) is 5.56 Å². The van der Waals surface area contributed by atoms with Crippen molar-refractivity contribution in [2.75, 3.05) is 6.61 Å². The van der Waals surface area contributed by atoms with E-state index in [2.05, 4.69) is 18.5 Å². The second-order valence-corrected chi connectivity index (χ2v) is 7.92. The SMILES string of the molecule is C=C(O)/C(=C/C)C(=C)CC1NC(C(C)(C)CO)Cc2cc(C)c(O)cc21. The Kier molecular flexibility index (Phi) is 5.99. The molecule has 0 spiro atoms. The first-order valence-electron chi connectivity index (χ1n) is 9.02. The zero-order valence-electron chi connectivity index (χ0n) is 16.3. The van der Waals surface area contributed by atoms with Gasteiger partial charge in [-0.15, -0.1) is 0 Å². The van der Waals surface area contributed by atoms with Gasteiger partial charge in [0.1, 0.15) is 11.5 Å². The van der Waals surface area contributed by atoms with Gasteiger partial charge < -0.3 is 20.6 Å². The van der Waals surface area contributed by atoms with Gasteiger partial charge in [0, 0.05) is 29.7 Å². The molecule has 1 aliphatic rings. The number of aryl methyl sites for hydroxylation is 1. The minimum absolute atomic E-state index is 0.00697. The lowest BCUT2D eigenvalue weighted by molar-refractivity contribution is 0.104. The molecule has 0 aromatic heterocycles. The van der Waals surface area contributed by atoms with Crippen LogP contribution in [0.25, 0.3) is 0 Å². The fraction of sp³-hybridized carbons (Fsp3) is 0.455. The van der Waals surface area contributed by atoms with Crippen molar-refractivity contribution in [3.05, 3.63) is 65.0 Å². The molecule has 4 nitrogen and oxygen atoms in total. The number of benzene rings is 1. The van der Waals surface area contributed by atoms with Crippen LogP contribution in [0, 0.1) is 12.3 Å². The van der Waals surface area contributed by atoms with Crippen molar-refractivity contribution in [1.82, 2.24) is 5.32 Å². The average Bonchev–Trinajstić information content (AvgIpc) is 2.56. The quantitative estimate of drug-likeness (QED) is 0.454. The molecule has 142 valence electrons. The molecule has 0 saturated heterocycles. The van der Waals surface area contributed by atoms with Gasteiger partial charge in [-0.25, -0.2) is 0 Å². The Balaban J connectivity index is 2.42. The van der Waals surface area contributed by atoms with Crippen molar-refractivity contribution in [2.45, 2.75) is 52.6 Å². The van der Waals surface area contributed by atoms with Gasteiger partial charge in [0.2, 0.25) is 0 Å². The molecule has 1 heterocycles. The smallest absolute Gasteiger partial charge is 0.118 e. The fourth-order valence-corrected chi connectivity index (χ4v) is 3.60. The van der Waals surface area contributed by atoms with Crippen molar-refractivity contribution in [3.63, 3.8) is 0 Å². The van der Waals surface area contributed by atoms with E-state index in [-0.39, 0.29) is 35.6 Å². The maximum absolute atomic E-state index is 10.2. The Bertz CT molecular complexity index is 746. The summed E-state index contributed by atoms with van der Waals surface area (Å²) in [6, 6.07) is 3.88. The zero-order valence-corrected chi connectivity index (χ0v) is 16.3. The molecular weight excluding hydrogens is 326 g/mol. The maximum Gasteiger partial charge on any atom is 0.118 e. The van der Waals surface area contributed by atoms with Crippen LogP contribution < -0.4 is 5.32 Å². The normalized spacial score (nSPS) is 20.6. The minimum atomic E-state index is -0.285. The lowest BCUT2D eigenvalue weighted by Crippen LogP contribution is -2.50. The molecule has 0 saturated carbocycles. The van der Waals surface area contributed by atoms with Gasteiger partial charge in [-0.1, -0.05) is 39.1 Å². The highest BCUT2D eigenvalue weighted by Gasteiger charge is 2.36. The summed E-state index contributed by atoms with van der Waals surface area (Å²) in [6.07, 6.45) is 3.17. The van der Waals surface area contributed by atoms with E-state index in [0.29, 0.717) is 12.0 Å². The Morgan fingerprint density at radius 2 is 2.00 bits per heavy atom. The highest BCUT2D eigenvalue weighted by Crippen LogP contribution is 2.39. The largest absolute Gasteiger partial charge is 0.508 e. The third-order valence-electron chi connectivity index (χ3n) is 5.44. The van der Waals surface area contributed by atoms with E-state index in [9.17, 15) is 15.3 Å². The standard InChI is InChI=1S/C22H31NO3/c1-7-17(15(4)25)13(2)9-19-18-11-20(26)14(3)8-16(18)10-21(23-19)22(5,6)12-24/h7-8,11,19,21,23-26H,2,4,9-10,12H2,1,3,5-6H3/b17-7+. The molecule has 2 atom stereocenters. The Morgan fingerprint density at radius 3 is 2.54 bits per heavy atom. The highest BCUT2D eigenvalue weighted by atomic mass is 16.3. The van der Waals surface area contributed by atoms with Crippen molar-refractivity contribution in [3.8, 4) is 5.75 Å². The van der Waals surface area contributed by atoms with Crippen LogP contribution in [0.15, 0.2) is 48.3 Å². The van der Waals surface area contributed by atoms with E-state index in [1.54, 1.807) is 6.08 Å². The Morgan fingerprint density at radius 1 is 1.35 bits per heavy atom. The third-order valence-corrected chi connectivity index (χ3v) is 5.44. The van der Waals surface area contributed by atoms with E-state index in [0.717, 1.165) is 23.1 Å². The van der Waals surface area contributed by atoms with E-state index < -0.39 is 0 Å². The number of aliphatic hydroxyl groups excluding tert-OH is 2. The number of aliphatic hydroxyl groups is 2. The first-order valence-corrected chi connectivity index (χ1v) is 9.02. The molecule has 1 aromatic rings. The van der Waals surface area contributed by atoms with Crippen LogP contribution in [0.5, 0.6) is 5.75 Å². The van der Waals surface area contributed by atoms with Crippen LogP contribution in [0.1, 0.15) is 49.9 Å². The molecule has 2 unspecified atom stereocenters. The molecule has 0 bridgehead atoms. The zero-order chi connectivity index (χ0) is 19.6. The fourth-order valence-electron chi connectivity index (χ4n) is 3.60. The summed E-state index contributed by atoms with van der Waals surface area (Å²) in [7, 11) is 0. The molecule has 4 N–H and O–H groups in total. The van der Waals surface area contributed by atoms with Crippen molar-refractivity contribution in [1.29, 1.82) is 0 Å². The highest BCUT2D eigenvalue weighted by molar-refractivity contribution is 5.47. The molecule has 4 heteroatoms. The summed E-state index contributed by atoms with van der Waals surface area (Å²) < 4.78 is 0. The van der Waals surface area contributed by atoms with Crippen molar-refractivity contribution >= 4 is 0 Å². The molecular formula is C22H31NO3. The van der Waals surface area contributed by atoms with Gasteiger partial charge >= 0.3 is 0 Å². The van der Waals surface area contributed by atoms with Crippen LogP contribution in [-0.2, 0) is 6.42 Å². The topological polar surface area (TPSA) is 72.7 Å². The molecule has 0 amide bonds. The predicted octanol–water partition coefficient (Wildman–Crippen LogP) is 4.24. The first-order chi connectivity index (χ1) is 12.1. The number of rotatable bonds is 6. The van der Waals surface area contributed by atoms with Crippen molar-refractivity contribution in [2.24, 2.45) is 5.41 Å². The van der Waals surface area contributed by atoms with E-state index in [1.807, 2.05) is 39.8 Å². The Hall–Kier alpha value is -2.04. The van der Waals surface area contributed by atoms with Gasteiger partial charge in [0.15, 0.2) is 0 Å². The second kappa shape index (κ2) is 7.68. The first kappa shape index (κ1) is 20.3. The molecule has 1 aliphatic heterocycles. The third kappa shape index (κ3) is 4.02. The molecule has 0 fully saturated rings. The maximum atomic E-state index is 10.2. The second-order valence-electron chi connectivity index (χ2n) is 7.92. The molecule has 1 aromatic carbocycles. The number of hydrogen-bond acceptors (Lipinski definition) is 4. The number of phenolic OH excluding ortho intramolecular Hbond substituents is 1. The van der Waals surface area contributed by atoms with Crippen LogP contribution in [-0.4, -0.2) is 28.0 Å². The average molecular weight is 357 g/mol. The van der Waals surface area contributed by atoms with Crippen LogP contribution in [0.3, 0.4) is 0 Å². The lowest BCUT2D eigenvalue weighted by atomic mass is 9.76. The lowest BCUT2D eigenvalue weighted by Gasteiger charge is -2.41. The van der Waals surface area contributed by atoms with Crippen LogP contribution in [0.4, 0.5) is 0 Å². The van der Waals surface area contributed by atoms with Crippen LogP contribution in [0.2, 0.25) is 0 Å². The van der Waals surface area contributed by atoms with Crippen molar-refractivity contribution < 1.29 is 15.3 Å². The van der Waals surface area contributed by atoms with Crippen LogP contribution >= 0.6 is 0 Å².